The molecule has 1 aliphatic rings. The van der Waals surface area contributed by atoms with Crippen LogP contribution in [0.3, 0.4) is 0 Å². The number of rotatable bonds is 4. The highest BCUT2D eigenvalue weighted by Gasteiger charge is 2.22. The number of anilines is 1. The third-order valence-electron chi connectivity index (χ3n) is 4.34. The van der Waals surface area contributed by atoms with Gasteiger partial charge in [0.25, 0.3) is 5.91 Å². The summed E-state index contributed by atoms with van der Waals surface area (Å²) in [6, 6.07) is 5.39. The van der Waals surface area contributed by atoms with Crippen LogP contribution < -0.4 is 5.32 Å². The second kappa shape index (κ2) is 7.14. The number of aromatic nitrogens is 3. The molecule has 0 unspecified atom stereocenters. The lowest BCUT2D eigenvalue weighted by molar-refractivity contribution is -0.0707. The minimum Gasteiger partial charge on any atom is -0.373 e. The van der Waals surface area contributed by atoms with Crippen molar-refractivity contribution in [1.29, 1.82) is 0 Å². The summed E-state index contributed by atoms with van der Waals surface area (Å²) in [6.07, 6.45) is 2.08. The number of hydrogen-bond acceptors (Lipinski definition) is 6. The van der Waals surface area contributed by atoms with E-state index in [0.29, 0.717) is 10.7 Å². The summed E-state index contributed by atoms with van der Waals surface area (Å²) >= 11 is 1.45. The third kappa shape index (κ3) is 3.77. The van der Waals surface area contributed by atoms with Gasteiger partial charge in [0.2, 0.25) is 0 Å². The molecule has 0 radical (unpaired) electrons. The summed E-state index contributed by atoms with van der Waals surface area (Å²) in [5.41, 5.74) is 3.23. The van der Waals surface area contributed by atoms with Gasteiger partial charge in [0.1, 0.15) is 0 Å². The van der Waals surface area contributed by atoms with Gasteiger partial charge in [-0.15, -0.1) is 11.3 Å². The Morgan fingerprint density at radius 1 is 1.38 bits per heavy atom. The maximum atomic E-state index is 12.5. The first kappa shape index (κ1) is 17.1. The van der Waals surface area contributed by atoms with Gasteiger partial charge in [-0.25, -0.2) is 9.97 Å². The van der Waals surface area contributed by atoms with Gasteiger partial charge in [-0.1, -0.05) is 0 Å². The molecule has 1 aromatic carbocycles. The Morgan fingerprint density at radius 3 is 3.00 bits per heavy atom. The molecule has 0 saturated carbocycles. The number of carbonyl (C=O) groups is 1. The first-order valence-corrected chi connectivity index (χ1v) is 9.51. The number of thiazole rings is 1. The van der Waals surface area contributed by atoms with Crippen molar-refractivity contribution in [3.05, 3.63) is 41.2 Å². The molecule has 2 aromatic heterocycles. The zero-order chi connectivity index (χ0) is 18.1. The smallest absolute Gasteiger partial charge is 0.257 e. The fourth-order valence-corrected chi connectivity index (χ4v) is 4.02. The van der Waals surface area contributed by atoms with Crippen molar-refractivity contribution in [3.8, 4) is 0 Å². The van der Waals surface area contributed by atoms with E-state index in [2.05, 4.69) is 39.0 Å². The van der Waals surface area contributed by atoms with E-state index in [0.717, 1.165) is 36.4 Å². The van der Waals surface area contributed by atoms with E-state index in [-0.39, 0.29) is 18.1 Å². The number of aromatic amines is 1. The maximum Gasteiger partial charge on any atom is 0.257 e. The number of morpholine rings is 1. The molecule has 8 heteroatoms. The number of amides is 1. The fourth-order valence-electron chi connectivity index (χ4n) is 3.33. The lowest BCUT2D eigenvalue weighted by atomic mass is 10.2. The van der Waals surface area contributed by atoms with E-state index < -0.39 is 0 Å². The van der Waals surface area contributed by atoms with Crippen LogP contribution in [-0.2, 0) is 11.3 Å². The molecule has 136 valence electrons. The summed E-state index contributed by atoms with van der Waals surface area (Å²) in [4.78, 5) is 26.5. The summed E-state index contributed by atoms with van der Waals surface area (Å²) in [5.74, 6) is -0.170. The van der Waals surface area contributed by atoms with E-state index in [4.69, 9.17) is 4.74 Å². The van der Waals surface area contributed by atoms with Crippen molar-refractivity contribution in [2.75, 3.05) is 18.4 Å². The molecular formula is C18H21N5O2S. The molecule has 1 aliphatic heterocycles. The van der Waals surface area contributed by atoms with Crippen molar-refractivity contribution < 1.29 is 9.53 Å². The van der Waals surface area contributed by atoms with Crippen LogP contribution in [0.5, 0.6) is 0 Å². The highest BCUT2D eigenvalue weighted by molar-refractivity contribution is 7.13. The Labute approximate surface area is 155 Å². The van der Waals surface area contributed by atoms with Crippen LogP contribution >= 0.6 is 11.3 Å². The quantitative estimate of drug-likeness (QED) is 0.737. The molecule has 0 bridgehead atoms. The average molecular weight is 371 g/mol. The Bertz CT molecular complexity index is 911. The van der Waals surface area contributed by atoms with Crippen LogP contribution in [0.2, 0.25) is 0 Å². The molecule has 1 amide bonds. The standard InChI is InChI=1S/C18H21N5O2S/c1-11-6-23(7-12(2)25-11)8-14-9-26-18(21-14)22-17(24)13-3-4-15-16(5-13)20-10-19-15/h3-5,9-12H,6-8H2,1-2H3,(H,19,20)(H,21,22,24)/t11-,12-/m1/s1. The Kier molecular flexibility index (Phi) is 4.71. The molecule has 2 atom stereocenters. The number of benzene rings is 1. The van der Waals surface area contributed by atoms with Gasteiger partial charge in [-0.3, -0.25) is 15.0 Å². The second-order valence-corrected chi connectivity index (χ2v) is 7.54. The molecule has 3 aromatic rings. The fraction of sp³-hybridized carbons (Fsp3) is 0.389. The van der Waals surface area contributed by atoms with Crippen molar-refractivity contribution in [2.24, 2.45) is 0 Å². The molecule has 0 spiro atoms. The summed E-state index contributed by atoms with van der Waals surface area (Å²) in [5, 5.41) is 5.49. The topological polar surface area (TPSA) is 83.1 Å². The van der Waals surface area contributed by atoms with Gasteiger partial charge in [-0.05, 0) is 32.0 Å². The number of imidazole rings is 1. The van der Waals surface area contributed by atoms with E-state index in [1.54, 1.807) is 18.5 Å². The normalized spacial score (nSPS) is 21.2. The second-order valence-electron chi connectivity index (χ2n) is 6.68. The van der Waals surface area contributed by atoms with E-state index >= 15 is 0 Å². The Hall–Kier alpha value is -2.29. The molecular weight excluding hydrogens is 350 g/mol. The predicted octanol–water partition coefficient (Wildman–Crippen LogP) is 2.88. The molecule has 4 rings (SSSR count). The van der Waals surface area contributed by atoms with Gasteiger partial charge in [0.05, 0.1) is 35.3 Å². The minimum absolute atomic E-state index is 0.170. The molecule has 1 saturated heterocycles. The lowest BCUT2D eigenvalue weighted by Gasteiger charge is -2.34. The van der Waals surface area contributed by atoms with Crippen molar-refractivity contribution in [2.45, 2.75) is 32.6 Å². The number of H-pyrrole nitrogens is 1. The van der Waals surface area contributed by atoms with Crippen molar-refractivity contribution in [3.63, 3.8) is 0 Å². The highest BCUT2D eigenvalue weighted by Crippen LogP contribution is 2.20. The van der Waals surface area contributed by atoms with E-state index in [1.165, 1.54) is 11.3 Å². The maximum absolute atomic E-state index is 12.5. The molecule has 1 fully saturated rings. The van der Waals surface area contributed by atoms with Gasteiger partial charge < -0.3 is 9.72 Å². The zero-order valence-electron chi connectivity index (χ0n) is 14.7. The van der Waals surface area contributed by atoms with Crippen molar-refractivity contribution >= 4 is 33.4 Å². The van der Waals surface area contributed by atoms with Gasteiger partial charge in [-0.2, -0.15) is 0 Å². The minimum atomic E-state index is -0.170. The summed E-state index contributed by atoms with van der Waals surface area (Å²) < 4.78 is 5.76. The summed E-state index contributed by atoms with van der Waals surface area (Å²) in [7, 11) is 0. The summed E-state index contributed by atoms with van der Waals surface area (Å²) in [6.45, 7) is 6.74. The monoisotopic (exact) mass is 371 g/mol. The number of nitrogens with zero attached hydrogens (tertiary/aromatic N) is 3. The average Bonchev–Trinajstić information content (AvgIpc) is 3.22. The first-order valence-electron chi connectivity index (χ1n) is 8.63. The number of nitrogens with one attached hydrogen (secondary N) is 2. The van der Waals surface area contributed by atoms with Crippen LogP contribution in [-0.4, -0.2) is 51.1 Å². The van der Waals surface area contributed by atoms with Gasteiger partial charge >= 0.3 is 0 Å². The largest absolute Gasteiger partial charge is 0.373 e. The highest BCUT2D eigenvalue weighted by atomic mass is 32.1. The van der Waals surface area contributed by atoms with Crippen LogP contribution in [0.15, 0.2) is 29.9 Å². The lowest BCUT2D eigenvalue weighted by Crippen LogP contribution is -2.44. The van der Waals surface area contributed by atoms with E-state index in [1.807, 2.05) is 11.4 Å². The van der Waals surface area contributed by atoms with Crippen LogP contribution in [0.4, 0.5) is 5.13 Å². The Balaban J connectivity index is 1.40. The SMILES string of the molecule is C[C@@H]1CN(Cc2csc(NC(=O)c3ccc4nc[nH]c4c3)n2)C[C@@H](C)O1. The number of carbonyl (C=O) groups excluding carboxylic acids is 1. The van der Waals surface area contributed by atoms with Crippen molar-refractivity contribution in [1.82, 2.24) is 19.9 Å². The molecule has 2 N–H and O–H groups in total. The van der Waals surface area contributed by atoms with Crippen LogP contribution in [0.25, 0.3) is 11.0 Å². The van der Waals surface area contributed by atoms with Crippen LogP contribution in [0, 0.1) is 0 Å². The molecule has 0 aliphatic carbocycles. The number of hydrogen-bond donors (Lipinski definition) is 2. The molecule has 7 nitrogen and oxygen atoms in total. The number of ether oxygens (including phenoxy) is 1. The van der Waals surface area contributed by atoms with E-state index in [9.17, 15) is 4.79 Å². The molecule has 26 heavy (non-hydrogen) atoms. The van der Waals surface area contributed by atoms with Crippen LogP contribution in [0.1, 0.15) is 29.9 Å². The Morgan fingerprint density at radius 2 is 2.19 bits per heavy atom. The third-order valence-corrected chi connectivity index (χ3v) is 5.14. The number of fused-ring (bicyclic) bond motifs is 1. The molecule has 3 heterocycles. The first-order chi connectivity index (χ1) is 12.6. The van der Waals surface area contributed by atoms with Gasteiger partial charge in [0.15, 0.2) is 5.13 Å². The zero-order valence-corrected chi connectivity index (χ0v) is 15.5. The predicted molar refractivity (Wildman–Crippen MR) is 101 cm³/mol. The van der Waals surface area contributed by atoms with Gasteiger partial charge in [0, 0.05) is 30.6 Å².